The van der Waals surface area contributed by atoms with Gasteiger partial charge in [-0.2, -0.15) is 0 Å². The molecule has 0 fully saturated rings. The van der Waals surface area contributed by atoms with Crippen LogP contribution in [0.15, 0.2) is 36.4 Å². The molecule has 0 saturated carbocycles. The predicted molar refractivity (Wildman–Crippen MR) is 86.4 cm³/mol. The van der Waals surface area contributed by atoms with E-state index in [0.29, 0.717) is 6.61 Å². The molecule has 0 amide bonds. The van der Waals surface area contributed by atoms with Gasteiger partial charge < -0.3 is 10.5 Å². The van der Waals surface area contributed by atoms with Gasteiger partial charge in [0.15, 0.2) is 0 Å². The number of benzene rings is 1. The Morgan fingerprint density at radius 2 is 1.85 bits per heavy atom. The van der Waals surface area contributed by atoms with E-state index >= 15 is 0 Å². The first kappa shape index (κ1) is 15.1. The van der Waals surface area contributed by atoms with Crippen molar-refractivity contribution in [2.45, 2.75) is 45.8 Å². The molecule has 1 aromatic carbocycles. The third-order valence-electron chi connectivity index (χ3n) is 3.41. The topological polar surface area (TPSA) is 35.2 Å². The van der Waals surface area contributed by atoms with E-state index in [4.69, 9.17) is 10.5 Å². The van der Waals surface area contributed by atoms with Crippen molar-refractivity contribution in [3.05, 3.63) is 51.7 Å². The monoisotopic (exact) mass is 289 g/mol. The highest BCUT2D eigenvalue weighted by molar-refractivity contribution is 7.11. The molecule has 1 aromatic heterocycles. The van der Waals surface area contributed by atoms with Gasteiger partial charge in [-0.3, -0.25) is 0 Å². The second-order valence-electron chi connectivity index (χ2n) is 4.99. The van der Waals surface area contributed by atoms with Gasteiger partial charge in [0.25, 0.3) is 0 Å². The lowest BCUT2D eigenvalue weighted by Crippen LogP contribution is -2.21. The molecule has 0 aliphatic heterocycles. The van der Waals surface area contributed by atoms with E-state index in [-0.39, 0.29) is 6.04 Å². The first-order valence-electron chi connectivity index (χ1n) is 7.26. The van der Waals surface area contributed by atoms with Crippen LogP contribution in [-0.4, -0.2) is 6.04 Å². The average molecular weight is 289 g/mol. The van der Waals surface area contributed by atoms with Gasteiger partial charge in [0.05, 0.1) is 0 Å². The van der Waals surface area contributed by atoms with Crippen molar-refractivity contribution < 1.29 is 4.74 Å². The maximum atomic E-state index is 6.05. The number of nitrogens with two attached hydrogens (primary N) is 1. The molecule has 3 heteroatoms. The minimum Gasteiger partial charge on any atom is -0.488 e. The molecule has 0 spiro atoms. The highest BCUT2D eigenvalue weighted by Crippen LogP contribution is 2.23. The Kier molecular flexibility index (Phi) is 5.62. The Labute approximate surface area is 125 Å². The highest BCUT2D eigenvalue weighted by atomic mass is 32.1. The van der Waals surface area contributed by atoms with Crippen LogP contribution in [0.5, 0.6) is 5.75 Å². The van der Waals surface area contributed by atoms with Crippen LogP contribution in [0.2, 0.25) is 0 Å². The lowest BCUT2D eigenvalue weighted by Gasteiger charge is -2.13. The van der Waals surface area contributed by atoms with Crippen molar-refractivity contribution in [2.75, 3.05) is 0 Å². The van der Waals surface area contributed by atoms with E-state index in [2.05, 4.69) is 32.0 Å². The van der Waals surface area contributed by atoms with E-state index < -0.39 is 0 Å². The van der Waals surface area contributed by atoms with Crippen molar-refractivity contribution >= 4 is 11.3 Å². The lowest BCUT2D eigenvalue weighted by molar-refractivity contribution is 0.305. The molecule has 1 atom stereocenters. The van der Waals surface area contributed by atoms with Crippen molar-refractivity contribution in [1.82, 2.24) is 0 Å². The first-order valence-corrected chi connectivity index (χ1v) is 8.08. The summed E-state index contributed by atoms with van der Waals surface area (Å²) in [4.78, 5) is 2.68. The third-order valence-corrected chi connectivity index (χ3v) is 4.62. The lowest BCUT2D eigenvalue weighted by atomic mass is 10.0. The Balaban J connectivity index is 2.01. The molecule has 1 heterocycles. The Hall–Kier alpha value is -1.32. The molecule has 2 aromatic rings. The Bertz CT molecular complexity index is 535. The minimum atomic E-state index is 0.202. The number of hydrogen-bond donors (Lipinski definition) is 1. The van der Waals surface area contributed by atoms with E-state index in [1.54, 1.807) is 0 Å². The van der Waals surface area contributed by atoms with Crippen molar-refractivity contribution in [3.8, 4) is 5.75 Å². The summed E-state index contributed by atoms with van der Waals surface area (Å²) in [6.45, 7) is 4.94. The minimum absolute atomic E-state index is 0.202. The van der Waals surface area contributed by atoms with Crippen LogP contribution in [-0.2, 0) is 19.4 Å². The standard InChI is InChI=1S/C17H23NOS/c1-3-14(18)11-13-7-5-6-8-17(13)19-12-16-10-9-15(4-2)20-16/h5-10,14H,3-4,11-12,18H2,1-2H3. The fourth-order valence-corrected chi connectivity index (χ4v) is 2.95. The molecule has 20 heavy (non-hydrogen) atoms. The van der Waals surface area contributed by atoms with E-state index in [1.807, 2.05) is 29.5 Å². The van der Waals surface area contributed by atoms with Gasteiger partial charge >= 0.3 is 0 Å². The summed E-state index contributed by atoms with van der Waals surface area (Å²) < 4.78 is 5.98. The molecule has 1 unspecified atom stereocenters. The van der Waals surface area contributed by atoms with E-state index in [1.165, 1.54) is 15.3 Å². The van der Waals surface area contributed by atoms with Gasteiger partial charge in [-0.25, -0.2) is 0 Å². The molecule has 0 bridgehead atoms. The number of hydrogen-bond acceptors (Lipinski definition) is 3. The number of aryl methyl sites for hydroxylation is 1. The van der Waals surface area contributed by atoms with Crippen LogP contribution in [0.3, 0.4) is 0 Å². The largest absolute Gasteiger partial charge is 0.488 e. The third kappa shape index (κ3) is 4.09. The van der Waals surface area contributed by atoms with Gasteiger partial charge in [0, 0.05) is 15.8 Å². The average Bonchev–Trinajstić information content (AvgIpc) is 2.94. The summed E-state index contributed by atoms with van der Waals surface area (Å²) in [5, 5.41) is 0. The Morgan fingerprint density at radius 1 is 1.10 bits per heavy atom. The second-order valence-corrected chi connectivity index (χ2v) is 6.24. The highest BCUT2D eigenvalue weighted by Gasteiger charge is 2.08. The van der Waals surface area contributed by atoms with Crippen LogP contribution in [0, 0.1) is 0 Å². The molecular formula is C17H23NOS. The molecular weight excluding hydrogens is 266 g/mol. The Morgan fingerprint density at radius 3 is 2.55 bits per heavy atom. The number of ether oxygens (including phenoxy) is 1. The second kappa shape index (κ2) is 7.46. The van der Waals surface area contributed by atoms with Crippen molar-refractivity contribution in [1.29, 1.82) is 0 Å². The van der Waals surface area contributed by atoms with Crippen LogP contribution >= 0.6 is 11.3 Å². The summed E-state index contributed by atoms with van der Waals surface area (Å²) in [5.74, 6) is 0.961. The molecule has 0 saturated heterocycles. The number of rotatable bonds is 7. The van der Waals surface area contributed by atoms with Gasteiger partial charge in [-0.05, 0) is 43.0 Å². The SMILES string of the molecule is CCc1ccc(COc2ccccc2CC(N)CC)s1. The van der Waals surface area contributed by atoms with Crippen molar-refractivity contribution in [3.63, 3.8) is 0 Å². The van der Waals surface area contributed by atoms with Crippen molar-refractivity contribution in [2.24, 2.45) is 5.73 Å². The normalized spacial score (nSPS) is 12.3. The zero-order valence-corrected chi connectivity index (χ0v) is 13.1. The molecule has 2 rings (SSSR count). The van der Waals surface area contributed by atoms with E-state index in [9.17, 15) is 0 Å². The van der Waals surface area contributed by atoms with E-state index in [0.717, 1.165) is 25.0 Å². The van der Waals surface area contributed by atoms with Gasteiger partial charge in [0.1, 0.15) is 12.4 Å². The molecule has 2 N–H and O–H groups in total. The maximum Gasteiger partial charge on any atom is 0.123 e. The summed E-state index contributed by atoms with van der Waals surface area (Å²) in [7, 11) is 0. The molecule has 0 aliphatic rings. The van der Waals surface area contributed by atoms with Crippen LogP contribution in [0.25, 0.3) is 0 Å². The zero-order valence-electron chi connectivity index (χ0n) is 12.3. The molecule has 0 aliphatic carbocycles. The summed E-state index contributed by atoms with van der Waals surface area (Å²) in [6, 6.07) is 12.7. The quantitative estimate of drug-likeness (QED) is 0.830. The fraction of sp³-hybridized carbons (Fsp3) is 0.412. The molecule has 0 radical (unpaired) electrons. The summed E-state index contributed by atoms with van der Waals surface area (Å²) >= 11 is 1.83. The smallest absolute Gasteiger partial charge is 0.123 e. The number of para-hydroxylation sites is 1. The van der Waals surface area contributed by atoms with Crippen LogP contribution in [0.1, 0.15) is 35.6 Å². The first-order chi connectivity index (χ1) is 9.72. The molecule has 108 valence electrons. The zero-order chi connectivity index (χ0) is 14.4. The maximum absolute atomic E-state index is 6.05. The van der Waals surface area contributed by atoms with Gasteiger partial charge in [-0.1, -0.05) is 32.0 Å². The van der Waals surface area contributed by atoms with Gasteiger partial charge in [-0.15, -0.1) is 11.3 Å². The molecule has 2 nitrogen and oxygen atoms in total. The van der Waals surface area contributed by atoms with Crippen LogP contribution < -0.4 is 10.5 Å². The van der Waals surface area contributed by atoms with Crippen LogP contribution in [0.4, 0.5) is 0 Å². The predicted octanol–water partition coefficient (Wildman–Crippen LogP) is 4.17. The van der Waals surface area contributed by atoms with Gasteiger partial charge in [0.2, 0.25) is 0 Å². The summed E-state index contributed by atoms with van der Waals surface area (Å²) in [6.07, 6.45) is 2.95. The summed E-state index contributed by atoms with van der Waals surface area (Å²) in [5.41, 5.74) is 7.25. The fourth-order valence-electron chi connectivity index (χ4n) is 2.08. The number of thiophene rings is 1.